The molecule has 0 radical (unpaired) electrons. The highest BCUT2D eigenvalue weighted by Crippen LogP contribution is 2.26. The maximum absolute atomic E-state index is 13.1. The lowest BCUT2D eigenvalue weighted by molar-refractivity contribution is -0.120. The van der Waals surface area contributed by atoms with Crippen molar-refractivity contribution < 1.29 is 19.1 Å². The summed E-state index contributed by atoms with van der Waals surface area (Å²) >= 11 is 0. The molecular formula is C29H29N3O4. The molecule has 3 aromatic rings. The van der Waals surface area contributed by atoms with Crippen LogP contribution in [0.5, 0.6) is 0 Å². The first-order valence-electron chi connectivity index (χ1n) is 12.4. The van der Waals surface area contributed by atoms with Crippen molar-refractivity contribution in [2.75, 3.05) is 11.9 Å². The average molecular weight is 484 g/mol. The van der Waals surface area contributed by atoms with Gasteiger partial charge in [0.2, 0.25) is 5.91 Å². The van der Waals surface area contributed by atoms with Crippen LogP contribution in [0.3, 0.4) is 0 Å². The number of rotatable bonds is 7. The normalized spacial score (nSPS) is 16.9. The van der Waals surface area contributed by atoms with Gasteiger partial charge in [0.05, 0.1) is 0 Å². The highest BCUT2D eigenvalue weighted by atomic mass is 16.6. The zero-order valence-electron chi connectivity index (χ0n) is 20.0. The van der Waals surface area contributed by atoms with Crippen LogP contribution in [0.2, 0.25) is 0 Å². The second kappa shape index (κ2) is 10.6. The molecule has 0 aromatic heterocycles. The lowest BCUT2D eigenvalue weighted by Gasteiger charge is -2.23. The van der Waals surface area contributed by atoms with Crippen molar-refractivity contribution in [3.63, 3.8) is 0 Å². The minimum atomic E-state index is -0.568. The van der Waals surface area contributed by atoms with Crippen LogP contribution in [-0.2, 0) is 16.1 Å². The Kier molecular flexibility index (Phi) is 6.98. The number of nitrogens with zero attached hydrogens (tertiary/aromatic N) is 1. The second-order valence-electron chi connectivity index (χ2n) is 9.29. The highest BCUT2D eigenvalue weighted by Gasteiger charge is 2.35. The number of nitrogens with one attached hydrogen (secondary N) is 2. The number of amides is 3. The predicted molar refractivity (Wildman–Crippen MR) is 137 cm³/mol. The van der Waals surface area contributed by atoms with Gasteiger partial charge in [0, 0.05) is 23.8 Å². The van der Waals surface area contributed by atoms with E-state index in [4.69, 9.17) is 4.74 Å². The van der Waals surface area contributed by atoms with Crippen LogP contribution in [0.25, 0.3) is 11.1 Å². The van der Waals surface area contributed by atoms with E-state index in [9.17, 15) is 14.4 Å². The summed E-state index contributed by atoms with van der Waals surface area (Å²) in [6.07, 6.45) is 2.97. The van der Waals surface area contributed by atoms with E-state index in [1.807, 2.05) is 78.9 Å². The van der Waals surface area contributed by atoms with E-state index in [-0.39, 0.29) is 18.4 Å². The largest absolute Gasteiger partial charge is 0.445 e. The van der Waals surface area contributed by atoms with Crippen molar-refractivity contribution in [1.82, 2.24) is 10.2 Å². The van der Waals surface area contributed by atoms with Crippen molar-refractivity contribution >= 4 is 23.6 Å². The third-order valence-corrected chi connectivity index (χ3v) is 6.52. The Hall–Kier alpha value is -4.13. The van der Waals surface area contributed by atoms with E-state index in [1.165, 1.54) is 4.90 Å². The van der Waals surface area contributed by atoms with Crippen molar-refractivity contribution in [2.24, 2.45) is 0 Å². The standard InChI is InChI=1S/C29H29N3O4/c33-27(30-24-15-16-24)22-13-11-21(12-14-22)23-8-4-9-25(18-23)31-28(34)26-10-5-17-32(26)29(35)36-19-20-6-2-1-3-7-20/h1-4,6-9,11-14,18,24,26H,5,10,15-17,19H2,(H,30,33)(H,31,34)/t26-/m0/s1. The van der Waals surface area contributed by atoms with Crippen LogP contribution in [-0.4, -0.2) is 41.4 Å². The Morgan fingerprint density at radius 3 is 2.39 bits per heavy atom. The van der Waals surface area contributed by atoms with Gasteiger partial charge in [0.25, 0.3) is 5.91 Å². The first kappa shape index (κ1) is 23.6. The van der Waals surface area contributed by atoms with Gasteiger partial charge in [-0.25, -0.2) is 4.79 Å². The summed E-state index contributed by atoms with van der Waals surface area (Å²) in [5, 5.41) is 5.95. The van der Waals surface area contributed by atoms with E-state index in [2.05, 4.69) is 10.6 Å². The third kappa shape index (κ3) is 5.74. The maximum atomic E-state index is 13.1. The zero-order chi connectivity index (χ0) is 24.9. The number of hydrogen-bond donors (Lipinski definition) is 2. The summed E-state index contributed by atoms with van der Waals surface area (Å²) in [6, 6.07) is 24.2. The van der Waals surface area contributed by atoms with Gasteiger partial charge in [-0.15, -0.1) is 0 Å². The molecule has 0 unspecified atom stereocenters. The van der Waals surface area contributed by atoms with Crippen molar-refractivity contribution in [2.45, 2.75) is 44.4 Å². The molecule has 1 saturated heterocycles. The van der Waals surface area contributed by atoms with E-state index < -0.39 is 12.1 Å². The van der Waals surface area contributed by atoms with Crippen LogP contribution >= 0.6 is 0 Å². The fourth-order valence-electron chi connectivity index (χ4n) is 4.37. The molecule has 2 fully saturated rings. The predicted octanol–water partition coefficient (Wildman–Crippen LogP) is 4.99. The smallest absolute Gasteiger partial charge is 0.410 e. The molecule has 1 atom stereocenters. The Morgan fingerprint density at radius 2 is 1.64 bits per heavy atom. The van der Waals surface area contributed by atoms with Gasteiger partial charge in [0.1, 0.15) is 12.6 Å². The Balaban J connectivity index is 1.20. The van der Waals surface area contributed by atoms with Crippen LogP contribution in [0.15, 0.2) is 78.9 Å². The summed E-state index contributed by atoms with van der Waals surface area (Å²) < 4.78 is 5.45. The molecule has 3 aromatic carbocycles. The molecule has 2 N–H and O–H groups in total. The number of benzene rings is 3. The van der Waals surface area contributed by atoms with Gasteiger partial charge in [-0.05, 0) is 66.6 Å². The fraction of sp³-hybridized carbons (Fsp3) is 0.276. The summed E-state index contributed by atoms with van der Waals surface area (Å²) in [6.45, 7) is 0.667. The number of ether oxygens (including phenoxy) is 1. The van der Waals surface area contributed by atoms with E-state index in [1.54, 1.807) is 0 Å². The lowest BCUT2D eigenvalue weighted by atomic mass is 10.0. The monoisotopic (exact) mass is 483 g/mol. The molecule has 7 heteroatoms. The van der Waals surface area contributed by atoms with Crippen LogP contribution in [0.1, 0.15) is 41.6 Å². The van der Waals surface area contributed by atoms with Crippen molar-refractivity contribution in [3.05, 3.63) is 90.0 Å². The van der Waals surface area contributed by atoms with Gasteiger partial charge in [0.15, 0.2) is 0 Å². The molecule has 0 spiro atoms. The summed E-state index contributed by atoms with van der Waals surface area (Å²) in [4.78, 5) is 39.5. The molecule has 0 bridgehead atoms. The first-order chi connectivity index (χ1) is 17.6. The second-order valence-corrected chi connectivity index (χ2v) is 9.29. The molecule has 184 valence electrons. The Bertz CT molecular complexity index is 1240. The molecule has 36 heavy (non-hydrogen) atoms. The topological polar surface area (TPSA) is 87.7 Å². The number of carbonyl (C=O) groups is 3. The average Bonchev–Trinajstić information content (AvgIpc) is 3.58. The highest BCUT2D eigenvalue weighted by molar-refractivity contribution is 5.97. The Labute approximate surface area is 210 Å². The van der Waals surface area contributed by atoms with Gasteiger partial charge in [-0.1, -0.05) is 54.6 Å². The number of hydrogen-bond acceptors (Lipinski definition) is 4. The zero-order valence-corrected chi connectivity index (χ0v) is 20.0. The first-order valence-corrected chi connectivity index (χ1v) is 12.4. The summed E-state index contributed by atoms with van der Waals surface area (Å²) in [5.41, 5.74) is 4.06. The number of likely N-dealkylation sites (tertiary alicyclic amines) is 1. The van der Waals surface area contributed by atoms with Crippen LogP contribution in [0.4, 0.5) is 10.5 Å². The fourth-order valence-corrected chi connectivity index (χ4v) is 4.37. The molecule has 7 nitrogen and oxygen atoms in total. The van der Waals surface area contributed by atoms with E-state index in [0.29, 0.717) is 30.3 Å². The van der Waals surface area contributed by atoms with Crippen molar-refractivity contribution in [3.8, 4) is 11.1 Å². The quantitative estimate of drug-likeness (QED) is 0.496. The maximum Gasteiger partial charge on any atom is 0.410 e. The number of anilines is 1. The van der Waals surface area contributed by atoms with Gasteiger partial charge >= 0.3 is 6.09 Å². The van der Waals surface area contributed by atoms with Gasteiger partial charge < -0.3 is 15.4 Å². The molecule has 1 saturated carbocycles. The lowest BCUT2D eigenvalue weighted by Crippen LogP contribution is -2.43. The molecule has 3 amide bonds. The van der Waals surface area contributed by atoms with E-state index >= 15 is 0 Å². The SMILES string of the molecule is O=C(NC1CC1)c1ccc(-c2cccc(NC(=O)[C@@H]3CCCN3C(=O)OCc3ccccc3)c2)cc1. The van der Waals surface area contributed by atoms with Gasteiger partial charge in [-0.3, -0.25) is 14.5 Å². The molecule has 1 aliphatic carbocycles. The Morgan fingerprint density at radius 1 is 0.861 bits per heavy atom. The molecule has 2 aliphatic rings. The molecular weight excluding hydrogens is 454 g/mol. The molecule has 1 heterocycles. The van der Waals surface area contributed by atoms with Crippen LogP contribution in [0, 0.1) is 0 Å². The van der Waals surface area contributed by atoms with E-state index in [0.717, 1.165) is 36.0 Å². The minimum Gasteiger partial charge on any atom is -0.445 e. The summed E-state index contributed by atoms with van der Waals surface area (Å²) in [5.74, 6) is -0.276. The molecule has 1 aliphatic heterocycles. The number of carbonyl (C=O) groups excluding carboxylic acids is 3. The third-order valence-electron chi connectivity index (χ3n) is 6.52. The van der Waals surface area contributed by atoms with Gasteiger partial charge in [-0.2, -0.15) is 0 Å². The van der Waals surface area contributed by atoms with Crippen LogP contribution < -0.4 is 10.6 Å². The summed E-state index contributed by atoms with van der Waals surface area (Å²) in [7, 11) is 0. The van der Waals surface area contributed by atoms with Crippen molar-refractivity contribution in [1.29, 1.82) is 0 Å². The minimum absolute atomic E-state index is 0.0477. The molecule has 5 rings (SSSR count).